The first-order valence-corrected chi connectivity index (χ1v) is 12.0. The maximum atomic E-state index is 13.8. The second-order valence-electron chi connectivity index (χ2n) is 10.4. The minimum Gasteiger partial charge on any atom is -0.466 e. The smallest absolute Gasteiger partial charge is 0.408 e. The van der Waals surface area contributed by atoms with E-state index in [1.165, 1.54) is 4.90 Å². The van der Waals surface area contributed by atoms with Gasteiger partial charge in [-0.25, -0.2) is 4.79 Å². The Morgan fingerprint density at radius 3 is 2.17 bits per heavy atom. The monoisotopic (exact) mass is 507 g/mol. The van der Waals surface area contributed by atoms with Gasteiger partial charge in [0, 0.05) is 12.1 Å². The number of amides is 3. The molecule has 1 aromatic rings. The van der Waals surface area contributed by atoms with Crippen LogP contribution in [0.4, 0.5) is 4.79 Å². The van der Waals surface area contributed by atoms with E-state index in [4.69, 9.17) is 9.47 Å². The van der Waals surface area contributed by atoms with E-state index in [0.717, 1.165) is 5.56 Å². The molecule has 0 saturated carbocycles. The van der Waals surface area contributed by atoms with Crippen molar-refractivity contribution >= 4 is 23.9 Å². The lowest BCUT2D eigenvalue weighted by molar-refractivity contribution is -0.149. The third kappa shape index (κ3) is 9.49. The topological polar surface area (TPSA) is 134 Å². The molecule has 1 rings (SSSR count). The molecule has 0 aromatic heterocycles. The fourth-order valence-electron chi connectivity index (χ4n) is 3.56. The Kier molecular flexibility index (Phi) is 11.4. The lowest BCUT2D eigenvalue weighted by atomic mass is 9.93. The predicted molar refractivity (Wildman–Crippen MR) is 135 cm³/mol. The number of hydrogen-bond donors (Lipinski definition) is 3. The van der Waals surface area contributed by atoms with Crippen LogP contribution in [-0.2, 0) is 23.9 Å². The molecule has 0 bridgehead atoms. The van der Waals surface area contributed by atoms with Crippen LogP contribution in [0.5, 0.6) is 0 Å². The molecule has 36 heavy (non-hydrogen) atoms. The maximum Gasteiger partial charge on any atom is 0.408 e. The molecule has 0 spiro atoms. The van der Waals surface area contributed by atoms with Crippen molar-refractivity contribution in [3.63, 3.8) is 0 Å². The van der Waals surface area contributed by atoms with Crippen LogP contribution in [0.1, 0.15) is 72.1 Å². The van der Waals surface area contributed by atoms with Gasteiger partial charge in [0.25, 0.3) is 0 Å². The highest BCUT2D eigenvalue weighted by Crippen LogP contribution is 2.31. The van der Waals surface area contributed by atoms with Crippen molar-refractivity contribution in [3.8, 4) is 0 Å². The molecule has 0 fully saturated rings. The Bertz CT molecular complexity index is 919. The zero-order chi connectivity index (χ0) is 27.7. The molecule has 0 aliphatic carbocycles. The predicted octanol–water partition coefficient (Wildman–Crippen LogP) is 2.62. The molecule has 0 aliphatic rings. The molecular formula is C26H41N3O7. The van der Waals surface area contributed by atoms with Crippen LogP contribution in [0.3, 0.4) is 0 Å². The summed E-state index contributed by atoms with van der Waals surface area (Å²) in [7, 11) is 0. The van der Waals surface area contributed by atoms with Crippen LogP contribution in [0, 0.1) is 6.92 Å². The molecule has 0 saturated heterocycles. The van der Waals surface area contributed by atoms with Crippen molar-refractivity contribution in [2.75, 3.05) is 19.8 Å². The summed E-state index contributed by atoms with van der Waals surface area (Å²) < 4.78 is 10.1. The lowest BCUT2D eigenvalue weighted by Gasteiger charge is -2.43. The number of aliphatic hydroxyl groups excluding tert-OH is 1. The summed E-state index contributed by atoms with van der Waals surface area (Å²) in [6.07, 6.45) is -0.890. The SMILES string of the molecule is CCOC(=O)CCNC(=O)C(c1ccccc1C)N(C(=O)C(CO)NC(=O)OC(C)(C)C)C(C)(C)C. The summed E-state index contributed by atoms with van der Waals surface area (Å²) in [4.78, 5) is 52.7. The van der Waals surface area contributed by atoms with E-state index in [-0.39, 0.29) is 19.6 Å². The average molecular weight is 508 g/mol. The zero-order valence-corrected chi connectivity index (χ0v) is 22.6. The minimum atomic E-state index is -1.35. The van der Waals surface area contributed by atoms with Crippen LogP contribution in [0.2, 0.25) is 0 Å². The summed E-state index contributed by atoms with van der Waals surface area (Å²) in [5.74, 6) is -1.62. The van der Waals surface area contributed by atoms with Crippen LogP contribution in [0.25, 0.3) is 0 Å². The van der Waals surface area contributed by atoms with Crippen LogP contribution >= 0.6 is 0 Å². The summed E-state index contributed by atoms with van der Waals surface area (Å²) in [5.41, 5.74) is -0.362. The van der Waals surface area contributed by atoms with Gasteiger partial charge in [0.05, 0.1) is 19.6 Å². The third-order valence-corrected chi connectivity index (χ3v) is 5.06. The molecule has 1 aromatic carbocycles. The highest BCUT2D eigenvalue weighted by atomic mass is 16.6. The molecule has 2 unspecified atom stereocenters. The number of esters is 1. The minimum absolute atomic E-state index is 0.0197. The van der Waals surface area contributed by atoms with Crippen LogP contribution < -0.4 is 10.6 Å². The van der Waals surface area contributed by atoms with Crippen molar-refractivity contribution in [1.82, 2.24) is 15.5 Å². The fourth-order valence-corrected chi connectivity index (χ4v) is 3.56. The number of benzene rings is 1. The van der Waals surface area contributed by atoms with Gasteiger partial charge in [-0.1, -0.05) is 24.3 Å². The number of carbonyl (C=O) groups excluding carboxylic acids is 4. The van der Waals surface area contributed by atoms with Crippen LogP contribution in [0.15, 0.2) is 24.3 Å². The van der Waals surface area contributed by atoms with Crippen molar-refractivity contribution < 1.29 is 33.8 Å². The Labute approximate surface area is 213 Å². The Balaban J connectivity index is 3.38. The van der Waals surface area contributed by atoms with Gasteiger partial charge in [0.15, 0.2) is 0 Å². The molecular weight excluding hydrogens is 466 g/mol. The Morgan fingerprint density at radius 1 is 1.06 bits per heavy atom. The van der Waals surface area contributed by atoms with Crippen molar-refractivity contribution in [3.05, 3.63) is 35.4 Å². The number of rotatable bonds is 10. The van der Waals surface area contributed by atoms with Gasteiger partial charge in [-0.3, -0.25) is 14.4 Å². The molecule has 0 heterocycles. The number of nitrogens with zero attached hydrogens (tertiary/aromatic N) is 1. The number of hydrogen-bond acceptors (Lipinski definition) is 7. The maximum absolute atomic E-state index is 13.8. The first-order valence-electron chi connectivity index (χ1n) is 12.0. The van der Waals surface area contributed by atoms with Gasteiger partial charge < -0.3 is 30.1 Å². The largest absolute Gasteiger partial charge is 0.466 e. The molecule has 0 radical (unpaired) electrons. The quantitative estimate of drug-likeness (QED) is 0.415. The first-order chi connectivity index (χ1) is 16.6. The highest BCUT2D eigenvalue weighted by molar-refractivity contribution is 5.93. The normalized spacial score (nSPS) is 13.2. The van der Waals surface area contributed by atoms with E-state index in [1.807, 2.05) is 19.1 Å². The number of alkyl carbamates (subject to hydrolysis) is 1. The summed E-state index contributed by atoms with van der Waals surface area (Å²) >= 11 is 0. The summed E-state index contributed by atoms with van der Waals surface area (Å²) in [5, 5.41) is 15.1. The van der Waals surface area contributed by atoms with E-state index in [2.05, 4.69) is 10.6 Å². The van der Waals surface area contributed by atoms with Gasteiger partial charge >= 0.3 is 12.1 Å². The van der Waals surface area contributed by atoms with Gasteiger partial charge in [-0.15, -0.1) is 0 Å². The zero-order valence-electron chi connectivity index (χ0n) is 22.6. The molecule has 3 amide bonds. The first kappa shape index (κ1) is 30.9. The van der Waals surface area contributed by atoms with Gasteiger partial charge in [0.1, 0.15) is 17.7 Å². The number of nitrogens with one attached hydrogen (secondary N) is 2. The molecule has 0 aliphatic heterocycles. The standard InChI is InChI=1S/C26H41N3O7/c1-9-35-20(31)14-15-27-22(32)21(18-13-11-10-12-17(18)2)29(25(3,4)5)23(33)19(16-30)28-24(34)36-26(6,7)8/h10-13,19,21,30H,9,14-16H2,1-8H3,(H,27,32)(H,28,34). The van der Waals surface area contributed by atoms with Crippen LogP contribution in [-0.4, -0.2) is 70.8 Å². The Morgan fingerprint density at radius 2 is 1.67 bits per heavy atom. The Hall–Kier alpha value is -3.14. The highest BCUT2D eigenvalue weighted by Gasteiger charge is 2.42. The summed E-state index contributed by atoms with van der Waals surface area (Å²) in [6.45, 7) is 13.4. The van der Waals surface area contributed by atoms with E-state index >= 15 is 0 Å². The van der Waals surface area contributed by atoms with Gasteiger partial charge in [-0.05, 0) is 66.5 Å². The van der Waals surface area contributed by atoms with E-state index in [9.17, 15) is 24.3 Å². The lowest BCUT2D eigenvalue weighted by Crippen LogP contribution is -2.59. The van der Waals surface area contributed by atoms with Crippen molar-refractivity contribution in [1.29, 1.82) is 0 Å². The molecule has 202 valence electrons. The van der Waals surface area contributed by atoms with E-state index < -0.39 is 53.7 Å². The van der Waals surface area contributed by atoms with E-state index in [0.29, 0.717) is 5.56 Å². The molecule has 3 N–H and O–H groups in total. The van der Waals surface area contributed by atoms with Crippen molar-refractivity contribution in [2.24, 2.45) is 0 Å². The van der Waals surface area contributed by atoms with E-state index in [1.54, 1.807) is 60.6 Å². The summed E-state index contributed by atoms with van der Waals surface area (Å²) in [6, 6.07) is 4.69. The fraction of sp³-hybridized carbons (Fsp3) is 0.615. The molecule has 10 heteroatoms. The molecule has 2 atom stereocenters. The average Bonchev–Trinajstić information content (AvgIpc) is 2.74. The number of aryl methyl sites for hydroxylation is 1. The van der Waals surface area contributed by atoms with Gasteiger partial charge in [-0.2, -0.15) is 0 Å². The second-order valence-corrected chi connectivity index (χ2v) is 10.4. The molecule has 10 nitrogen and oxygen atoms in total. The number of aliphatic hydroxyl groups is 1. The van der Waals surface area contributed by atoms with Crippen molar-refractivity contribution in [2.45, 2.75) is 85.0 Å². The number of ether oxygens (including phenoxy) is 2. The third-order valence-electron chi connectivity index (χ3n) is 5.06. The number of carbonyl (C=O) groups is 4. The van der Waals surface area contributed by atoms with Gasteiger partial charge in [0.2, 0.25) is 11.8 Å². The second kappa shape index (κ2) is 13.2.